The second-order valence-corrected chi connectivity index (χ2v) is 3.74. The first-order valence-corrected chi connectivity index (χ1v) is 5.36. The van der Waals surface area contributed by atoms with Crippen LogP contribution in [0.15, 0.2) is 24.4 Å². The van der Waals surface area contributed by atoms with Crippen molar-refractivity contribution in [1.29, 1.82) is 0 Å². The molecule has 0 saturated heterocycles. The van der Waals surface area contributed by atoms with Gasteiger partial charge in [-0.3, -0.25) is 9.78 Å². The lowest BCUT2D eigenvalue weighted by Crippen LogP contribution is -2.40. The number of amides is 1. The van der Waals surface area contributed by atoms with E-state index in [1.54, 1.807) is 24.4 Å². The molecule has 0 aliphatic carbocycles. The number of carbonyl (C=O) groups is 2. The molecule has 0 radical (unpaired) electrons. The highest BCUT2D eigenvalue weighted by molar-refractivity contribution is 5.93. The molecule has 2 atom stereocenters. The summed E-state index contributed by atoms with van der Waals surface area (Å²) >= 11 is 0. The summed E-state index contributed by atoms with van der Waals surface area (Å²) in [6.07, 6.45) is 3.16. The van der Waals surface area contributed by atoms with Gasteiger partial charge in [-0.1, -0.05) is 26.3 Å². The smallest absolute Gasteiger partial charge is 0.270 e. The zero-order valence-electron chi connectivity index (χ0n) is 9.51. The SMILES string of the molecule is CC[C@H](C)[C@@H](C=O)NC(=O)c1ccccn1. The number of rotatable bonds is 5. The van der Waals surface area contributed by atoms with Crippen LogP contribution < -0.4 is 5.32 Å². The number of aldehydes is 1. The molecule has 16 heavy (non-hydrogen) atoms. The number of hydrogen-bond donors (Lipinski definition) is 1. The fourth-order valence-electron chi connectivity index (χ4n) is 1.29. The lowest BCUT2D eigenvalue weighted by molar-refractivity contribution is -0.110. The molecule has 0 aliphatic heterocycles. The largest absolute Gasteiger partial charge is 0.341 e. The second-order valence-electron chi connectivity index (χ2n) is 3.74. The average molecular weight is 220 g/mol. The van der Waals surface area contributed by atoms with E-state index in [4.69, 9.17) is 0 Å². The highest BCUT2D eigenvalue weighted by Gasteiger charge is 2.18. The third-order valence-electron chi connectivity index (χ3n) is 2.60. The molecule has 4 nitrogen and oxygen atoms in total. The molecule has 0 aromatic carbocycles. The van der Waals surface area contributed by atoms with E-state index in [1.807, 2.05) is 13.8 Å². The van der Waals surface area contributed by atoms with E-state index in [0.29, 0.717) is 5.69 Å². The lowest BCUT2D eigenvalue weighted by Gasteiger charge is -2.18. The zero-order chi connectivity index (χ0) is 12.0. The second kappa shape index (κ2) is 6.00. The summed E-state index contributed by atoms with van der Waals surface area (Å²) < 4.78 is 0. The Balaban J connectivity index is 2.66. The molecule has 86 valence electrons. The molecule has 0 spiro atoms. The van der Waals surface area contributed by atoms with Gasteiger partial charge in [-0.15, -0.1) is 0 Å². The van der Waals surface area contributed by atoms with Crippen molar-refractivity contribution in [2.45, 2.75) is 26.3 Å². The monoisotopic (exact) mass is 220 g/mol. The zero-order valence-corrected chi connectivity index (χ0v) is 9.51. The first-order valence-electron chi connectivity index (χ1n) is 5.36. The molecule has 0 fully saturated rings. The van der Waals surface area contributed by atoms with Crippen molar-refractivity contribution >= 4 is 12.2 Å². The van der Waals surface area contributed by atoms with Crippen LogP contribution in [-0.2, 0) is 4.79 Å². The summed E-state index contributed by atoms with van der Waals surface area (Å²) in [4.78, 5) is 26.5. The fourth-order valence-corrected chi connectivity index (χ4v) is 1.29. The summed E-state index contributed by atoms with van der Waals surface area (Å²) in [6, 6.07) is 4.65. The lowest BCUT2D eigenvalue weighted by atomic mass is 10.0. The van der Waals surface area contributed by atoms with Crippen molar-refractivity contribution in [3.63, 3.8) is 0 Å². The molecule has 0 bridgehead atoms. The number of carbonyl (C=O) groups excluding carboxylic acids is 2. The van der Waals surface area contributed by atoms with Gasteiger partial charge < -0.3 is 10.1 Å². The molecule has 1 aromatic rings. The molecule has 0 aliphatic rings. The van der Waals surface area contributed by atoms with Crippen LogP contribution in [0.2, 0.25) is 0 Å². The van der Waals surface area contributed by atoms with Crippen molar-refractivity contribution in [1.82, 2.24) is 10.3 Å². The molecule has 1 rings (SSSR count). The minimum absolute atomic E-state index is 0.130. The van der Waals surface area contributed by atoms with Crippen LogP contribution in [0.1, 0.15) is 30.8 Å². The topological polar surface area (TPSA) is 59.1 Å². The van der Waals surface area contributed by atoms with Gasteiger partial charge in [-0.25, -0.2) is 0 Å². The van der Waals surface area contributed by atoms with E-state index in [9.17, 15) is 9.59 Å². The predicted octanol–water partition coefficient (Wildman–Crippen LogP) is 1.43. The van der Waals surface area contributed by atoms with E-state index in [2.05, 4.69) is 10.3 Å². The van der Waals surface area contributed by atoms with Gasteiger partial charge in [0.05, 0.1) is 6.04 Å². The third kappa shape index (κ3) is 3.15. The van der Waals surface area contributed by atoms with E-state index >= 15 is 0 Å². The summed E-state index contributed by atoms with van der Waals surface area (Å²) in [5, 5.41) is 2.66. The summed E-state index contributed by atoms with van der Waals surface area (Å²) in [7, 11) is 0. The Morgan fingerprint density at radius 2 is 2.31 bits per heavy atom. The Morgan fingerprint density at radius 1 is 1.56 bits per heavy atom. The van der Waals surface area contributed by atoms with Crippen LogP contribution in [0.25, 0.3) is 0 Å². The van der Waals surface area contributed by atoms with E-state index in [-0.39, 0.29) is 11.8 Å². The van der Waals surface area contributed by atoms with E-state index in [0.717, 1.165) is 12.7 Å². The quantitative estimate of drug-likeness (QED) is 0.763. The molecule has 1 amide bonds. The van der Waals surface area contributed by atoms with Crippen molar-refractivity contribution in [2.24, 2.45) is 5.92 Å². The van der Waals surface area contributed by atoms with Crippen molar-refractivity contribution in [3.05, 3.63) is 30.1 Å². The van der Waals surface area contributed by atoms with Gasteiger partial charge >= 0.3 is 0 Å². The van der Waals surface area contributed by atoms with Crippen LogP contribution in [0.4, 0.5) is 0 Å². The minimum atomic E-state index is -0.445. The Bertz CT molecular complexity index is 351. The first kappa shape index (κ1) is 12.4. The molecule has 0 saturated carbocycles. The average Bonchev–Trinajstić information content (AvgIpc) is 2.35. The normalized spacial score (nSPS) is 13.9. The van der Waals surface area contributed by atoms with E-state index < -0.39 is 6.04 Å². The third-order valence-corrected chi connectivity index (χ3v) is 2.60. The van der Waals surface area contributed by atoms with Crippen molar-refractivity contribution < 1.29 is 9.59 Å². The molecule has 1 heterocycles. The number of hydrogen-bond acceptors (Lipinski definition) is 3. The highest BCUT2D eigenvalue weighted by atomic mass is 16.2. The maximum Gasteiger partial charge on any atom is 0.270 e. The maximum atomic E-state index is 11.7. The summed E-state index contributed by atoms with van der Waals surface area (Å²) in [5.41, 5.74) is 0.331. The van der Waals surface area contributed by atoms with Gasteiger partial charge in [0, 0.05) is 6.20 Å². The van der Waals surface area contributed by atoms with Crippen molar-refractivity contribution in [3.8, 4) is 0 Å². The molecular formula is C12H16N2O2. The van der Waals surface area contributed by atoms with Gasteiger partial charge in [0.1, 0.15) is 12.0 Å². The van der Waals surface area contributed by atoms with Gasteiger partial charge in [-0.2, -0.15) is 0 Å². The van der Waals surface area contributed by atoms with Gasteiger partial charge in [0.2, 0.25) is 0 Å². The summed E-state index contributed by atoms with van der Waals surface area (Å²) in [6.45, 7) is 3.91. The van der Waals surface area contributed by atoms with Crippen LogP contribution in [-0.4, -0.2) is 23.2 Å². The Kier molecular flexibility index (Phi) is 4.64. The minimum Gasteiger partial charge on any atom is -0.341 e. The molecule has 4 heteroatoms. The molecule has 1 N–H and O–H groups in total. The molecular weight excluding hydrogens is 204 g/mol. The standard InChI is InChI=1S/C12H16N2O2/c1-3-9(2)11(8-15)14-12(16)10-6-4-5-7-13-10/h4-9,11H,3H2,1-2H3,(H,14,16)/t9-,11+/m0/s1. The maximum absolute atomic E-state index is 11.7. The number of nitrogens with one attached hydrogen (secondary N) is 1. The number of aromatic nitrogens is 1. The molecule has 0 unspecified atom stereocenters. The summed E-state index contributed by atoms with van der Waals surface area (Å²) in [5.74, 6) is -0.178. The number of nitrogens with zero attached hydrogens (tertiary/aromatic N) is 1. The Hall–Kier alpha value is -1.71. The van der Waals surface area contributed by atoms with Crippen molar-refractivity contribution in [2.75, 3.05) is 0 Å². The number of pyridine rings is 1. The van der Waals surface area contributed by atoms with E-state index in [1.165, 1.54) is 0 Å². The van der Waals surface area contributed by atoms with Gasteiger partial charge in [-0.05, 0) is 18.1 Å². The fraction of sp³-hybridized carbons (Fsp3) is 0.417. The van der Waals surface area contributed by atoms with Crippen LogP contribution in [0.3, 0.4) is 0 Å². The van der Waals surface area contributed by atoms with Gasteiger partial charge in [0.15, 0.2) is 0 Å². The Morgan fingerprint density at radius 3 is 2.81 bits per heavy atom. The van der Waals surface area contributed by atoms with Crippen LogP contribution >= 0.6 is 0 Å². The first-order chi connectivity index (χ1) is 7.69. The predicted molar refractivity (Wildman–Crippen MR) is 61.0 cm³/mol. The molecule has 1 aromatic heterocycles. The van der Waals surface area contributed by atoms with Gasteiger partial charge in [0.25, 0.3) is 5.91 Å². The Labute approximate surface area is 95.1 Å². The van der Waals surface area contributed by atoms with Crippen LogP contribution in [0, 0.1) is 5.92 Å². The van der Waals surface area contributed by atoms with Crippen LogP contribution in [0.5, 0.6) is 0 Å². The highest BCUT2D eigenvalue weighted by Crippen LogP contribution is 2.06.